The molecule has 0 spiro atoms. The molecule has 66 valence electrons. The number of nitrogens with one attached hydrogen (secondary N) is 1. The van der Waals surface area contributed by atoms with Gasteiger partial charge in [0, 0.05) is 0 Å². The molecule has 11 heavy (non-hydrogen) atoms. The van der Waals surface area contributed by atoms with Crippen molar-refractivity contribution in [3.05, 3.63) is 11.2 Å². The number of rotatable bonds is 5. The van der Waals surface area contributed by atoms with Crippen LogP contribution in [0, 0.1) is 0 Å². The van der Waals surface area contributed by atoms with E-state index in [2.05, 4.69) is 29.1 Å². The van der Waals surface area contributed by atoms with E-state index in [9.17, 15) is 0 Å². The molecule has 0 aromatic heterocycles. The SMILES string of the molecule is CCN(CC)[SiH](C=CCl)NC. The van der Waals surface area contributed by atoms with E-state index in [1.807, 2.05) is 7.05 Å². The highest BCUT2D eigenvalue weighted by Gasteiger charge is 2.10. The summed E-state index contributed by atoms with van der Waals surface area (Å²) < 4.78 is 2.42. The van der Waals surface area contributed by atoms with Crippen molar-refractivity contribution >= 4 is 20.7 Å². The minimum atomic E-state index is -1.06. The van der Waals surface area contributed by atoms with Crippen LogP contribution in [0.15, 0.2) is 11.2 Å². The summed E-state index contributed by atoms with van der Waals surface area (Å²) in [6, 6.07) is 0. The van der Waals surface area contributed by atoms with Gasteiger partial charge in [-0.15, -0.1) is 0 Å². The van der Waals surface area contributed by atoms with Gasteiger partial charge in [0.2, 0.25) is 9.12 Å². The van der Waals surface area contributed by atoms with E-state index < -0.39 is 9.12 Å². The summed E-state index contributed by atoms with van der Waals surface area (Å²) in [6.45, 7) is 6.52. The van der Waals surface area contributed by atoms with E-state index in [0.29, 0.717) is 0 Å². The van der Waals surface area contributed by atoms with Crippen LogP contribution in [0.2, 0.25) is 0 Å². The van der Waals surface area contributed by atoms with Crippen molar-refractivity contribution < 1.29 is 0 Å². The van der Waals surface area contributed by atoms with Gasteiger partial charge in [-0.1, -0.05) is 31.1 Å². The molecular weight excluding hydrogens is 176 g/mol. The molecule has 1 N–H and O–H groups in total. The summed E-state index contributed by atoms with van der Waals surface area (Å²) >= 11 is 5.52. The van der Waals surface area contributed by atoms with E-state index in [4.69, 9.17) is 11.6 Å². The fourth-order valence-electron chi connectivity index (χ4n) is 1.09. The maximum Gasteiger partial charge on any atom is 0.213 e. The highest BCUT2D eigenvalue weighted by molar-refractivity contribution is 6.59. The first-order valence-corrected chi connectivity index (χ1v) is 6.18. The third kappa shape index (κ3) is 3.91. The normalized spacial score (nSPS) is 14.6. The van der Waals surface area contributed by atoms with Crippen LogP contribution in [-0.2, 0) is 0 Å². The Morgan fingerprint density at radius 2 is 2.00 bits per heavy atom. The smallest absolute Gasteiger partial charge is 0.213 e. The lowest BCUT2D eigenvalue weighted by Crippen LogP contribution is -2.47. The second kappa shape index (κ2) is 6.85. The number of hydrogen-bond donors (Lipinski definition) is 1. The third-order valence-electron chi connectivity index (χ3n) is 1.76. The van der Waals surface area contributed by atoms with Gasteiger partial charge in [-0.25, -0.2) is 0 Å². The Hall–Kier alpha value is 0.167. The second-order valence-corrected chi connectivity index (χ2v) is 5.11. The average molecular weight is 193 g/mol. The van der Waals surface area contributed by atoms with E-state index in [1.54, 1.807) is 5.54 Å². The molecule has 0 amide bonds. The van der Waals surface area contributed by atoms with Crippen LogP contribution in [0.3, 0.4) is 0 Å². The van der Waals surface area contributed by atoms with E-state index in [0.717, 1.165) is 13.1 Å². The molecule has 0 aliphatic heterocycles. The molecule has 0 aliphatic rings. The van der Waals surface area contributed by atoms with Crippen molar-refractivity contribution in [3.8, 4) is 0 Å². The molecule has 0 aromatic carbocycles. The Balaban J connectivity index is 3.97. The van der Waals surface area contributed by atoms with Gasteiger partial charge in [0.05, 0.1) is 0 Å². The highest BCUT2D eigenvalue weighted by atomic mass is 35.5. The van der Waals surface area contributed by atoms with Crippen LogP contribution in [0.1, 0.15) is 13.8 Å². The summed E-state index contributed by atoms with van der Waals surface area (Å²) in [5.41, 5.74) is 3.69. The van der Waals surface area contributed by atoms with Crippen molar-refractivity contribution in [2.24, 2.45) is 0 Å². The van der Waals surface area contributed by atoms with Crippen LogP contribution in [0.4, 0.5) is 0 Å². The summed E-state index contributed by atoms with van der Waals surface area (Å²) in [5.74, 6) is 0. The van der Waals surface area contributed by atoms with Crippen LogP contribution in [0.25, 0.3) is 0 Å². The topological polar surface area (TPSA) is 15.3 Å². The number of nitrogens with zero attached hydrogens (tertiary/aromatic N) is 1. The summed E-state index contributed by atoms with van der Waals surface area (Å²) in [6.07, 6.45) is 0. The predicted molar refractivity (Wildman–Crippen MR) is 54.1 cm³/mol. The van der Waals surface area contributed by atoms with Crippen molar-refractivity contribution in [3.63, 3.8) is 0 Å². The first-order chi connectivity index (χ1) is 5.29. The first kappa shape index (κ1) is 11.2. The lowest BCUT2D eigenvalue weighted by atomic mass is 10.7. The monoisotopic (exact) mass is 192 g/mol. The molecule has 2 nitrogen and oxygen atoms in total. The minimum absolute atomic E-state index is 1.06. The molecule has 0 aromatic rings. The van der Waals surface area contributed by atoms with Gasteiger partial charge in [0.25, 0.3) is 0 Å². The Bertz CT molecular complexity index is 115. The zero-order valence-electron chi connectivity index (χ0n) is 7.47. The lowest BCUT2D eigenvalue weighted by molar-refractivity contribution is 0.477. The van der Waals surface area contributed by atoms with Gasteiger partial charge < -0.3 is 9.55 Å². The highest BCUT2D eigenvalue weighted by Crippen LogP contribution is 1.93. The van der Waals surface area contributed by atoms with Gasteiger partial charge in [0.1, 0.15) is 0 Å². The van der Waals surface area contributed by atoms with Crippen molar-refractivity contribution in [2.45, 2.75) is 13.8 Å². The number of halogens is 1. The molecule has 0 radical (unpaired) electrons. The van der Waals surface area contributed by atoms with Crippen LogP contribution in [0.5, 0.6) is 0 Å². The first-order valence-electron chi connectivity index (χ1n) is 3.98. The molecule has 0 bridgehead atoms. The largest absolute Gasteiger partial charge is 0.327 e. The fourth-order valence-corrected chi connectivity index (χ4v) is 3.23. The van der Waals surface area contributed by atoms with Crippen LogP contribution < -0.4 is 4.98 Å². The Morgan fingerprint density at radius 3 is 2.27 bits per heavy atom. The molecule has 0 saturated carbocycles. The van der Waals surface area contributed by atoms with Gasteiger partial charge >= 0.3 is 0 Å². The lowest BCUT2D eigenvalue weighted by Gasteiger charge is -2.24. The number of hydrogen-bond acceptors (Lipinski definition) is 2. The zero-order valence-corrected chi connectivity index (χ0v) is 9.38. The minimum Gasteiger partial charge on any atom is -0.327 e. The van der Waals surface area contributed by atoms with Crippen molar-refractivity contribution in [2.75, 3.05) is 20.1 Å². The molecule has 0 rings (SSSR count). The molecule has 4 heteroatoms. The molecule has 1 unspecified atom stereocenters. The van der Waals surface area contributed by atoms with Gasteiger partial charge in [-0.05, 0) is 25.7 Å². The molecule has 0 fully saturated rings. The van der Waals surface area contributed by atoms with E-state index >= 15 is 0 Å². The van der Waals surface area contributed by atoms with Crippen LogP contribution in [-0.4, -0.2) is 33.8 Å². The summed E-state index contributed by atoms with van der Waals surface area (Å²) in [7, 11) is 0.935. The molecule has 0 heterocycles. The molecular formula is C7H17ClN2Si. The summed E-state index contributed by atoms with van der Waals surface area (Å²) in [5, 5.41) is 0. The fraction of sp³-hybridized carbons (Fsp3) is 0.714. The third-order valence-corrected chi connectivity index (χ3v) is 4.81. The Morgan fingerprint density at radius 1 is 1.45 bits per heavy atom. The quantitative estimate of drug-likeness (QED) is 0.656. The van der Waals surface area contributed by atoms with Gasteiger partial charge in [0.15, 0.2) is 0 Å². The molecule has 0 aliphatic carbocycles. The Kier molecular flexibility index (Phi) is 6.96. The van der Waals surface area contributed by atoms with Crippen LogP contribution >= 0.6 is 11.6 Å². The average Bonchev–Trinajstić information content (AvgIpc) is 2.05. The maximum absolute atomic E-state index is 5.52. The van der Waals surface area contributed by atoms with Crippen molar-refractivity contribution in [1.29, 1.82) is 0 Å². The Labute approximate surface area is 76.0 Å². The predicted octanol–water partition coefficient (Wildman–Crippen LogP) is 1.06. The van der Waals surface area contributed by atoms with Crippen molar-refractivity contribution in [1.82, 2.24) is 9.55 Å². The summed E-state index contributed by atoms with van der Waals surface area (Å²) in [4.78, 5) is 3.30. The van der Waals surface area contributed by atoms with Gasteiger partial charge in [-0.3, -0.25) is 0 Å². The molecule has 0 saturated heterocycles. The van der Waals surface area contributed by atoms with E-state index in [-0.39, 0.29) is 0 Å². The second-order valence-electron chi connectivity index (χ2n) is 2.27. The zero-order chi connectivity index (χ0) is 8.69. The molecule has 1 atom stereocenters. The van der Waals surface area contributed by atoms with E-state index in [1.165, 1.54) is 0 Å². The maximum atomic E-state index is 5.52. The van der Waals surface area contributed by atoms with Gasteiger partial charge in [-0.2, -0.15) is 0 Å². The standard InChI is InChI=1S/C7H17ClN2Si/c1-4-10(5-2)11(9-3)7-6-8/h6-7,9,11H,4-5H2,1-3H3.